The van der Waals surface area contributed by atoms with Crippen LogP contribution in [0.1, 0.15) is 29.6 Å². The van der Waals surface area contributed by atoms with Gasteiger partial charge in [0.1, 0.15) is 12.4 Å². The Morgan fingerprint density at radius 2 is 2.14 bits per heavy atom. The summed E-state index contributed by atoms with van der Waals surface area (Å²) in [4.78, 5) is 23.2. The van der Waals surface area contributed by atoms with E-state index < -0.39 is 5.97 Å². The lowest BCUT2D eigenvalue weighted by Crippen LogP contribution is -2.33. The van der Waals surface area contributed by atoms with Gasteiger partial charge >= 0.3 is 5.97 Å². The van der Waals surface area contributed by atoms with E-state index in [1.165, 1.54) is 0 Å². The Morgan fingerprint density at radius 3 is 2.81 bits per heavy atom. The summed E-state index contributed by atoms with van der Waals surface area (Å²) in [6, 6.07) is 6.89. The maximum atomic E-state index is 12.3. The summed E-state index contributed by atoms with van der Waals surface area (Å²) in [5, 5.41) is 11.9. The zero-order valence-electron chi connectivity index (χ0n) is 11.7. The van der Waals surface area contributed by atoms with E-state index in [2.05, 4.69) is 11.9 Å². The Balaban J connectivity index is 2.00. The van der Waals surface area contributed by atoms with Crippen LogP contribution in [0.4, 0.5) is 0 Å². The third-order valence-corrected chi connectivity index (χ3v) is 3.61. The highest BCUT2D eigenvalue weighted by molar-refractivity contribution is 5.97. The number of amides is 1. The average molecular weight is 289 g/mol. The second kappa shape index (κ2) is 6.92. The zero-order chi connectivity index (χ0) is 15.2. The van der Waals surface area contributed by atoms with Crippen LogP contribution in [0.15, 0.2) is 36.9 Å². The van der Waals surface area contributed by atoms with Crippen molar-refractivity contribution in [2.45, 2.75) is 25.3 Å². The van der Waals surface area contributed by atoms with E-state index in [1.807, 2.05) is 0 Å². The number of carboxylic acids is 1. The molecule has 2 atom stereocenters. The molecule has 0 bridgehead atoms. The van der Waals surface area contributed by atoms with Gasteiger partial charge < -0.3 is 15.2 Å². The number of carbonyl (C=O) groups is 2. The number of nitrogens with one attached hydrogen (secondary N) is 1. The highest BCUT2D eigenvalue weighted by Crippen LogP contribution is 2.26. The van der Waals surface area contributed by atoms with Crippen molar-refractivity contribution in [1.82, 2.24) is 5.32 Å². The van der Waals surface area contributed by atoms with Crippen LogP contribution in [-0.4, -0.2) is 29.6 Å². The first kappa shape index (κ1) is 15.1. The minimum absolute atomic E-state index is 0.0916. The molecule has 0 spiro atoms. The summed E-state index contributed by atoms with van der Waals surface area (Å²) in [7, 11) is 0. The Hall–Kier alpha value is -2.30. The van der Waals surface area contributed by atoms with Gasteiger partial charge in [-0.1, -0.05) is 24.8 Å². The molecule has 1 aromatic carbocycles. The standard InChI is InChI=1S/C16H19NO4/c1-2-9-21-14-6-4-3-5-13(14)15(18)17-12-8-7-11(10-12)16(19)20/h2-6,11-12H,1,7-10H2,(H,17,18)(H,19,20)/t11-,12+/m0/s1. The fourth-order valence-corrected chi connectivity index (χ4v) is 2.53. The molecule has 1 fully saturated rings. The molecule has 0 radical (unpaired) electrons. The largest absolute Gasteiger partial charge is 0.489 e. The van der Waals surface area contributed by atoms with Crippen LogP contribution in [-0.2, 0) is 4.79 Å². The highest BCUT2D eigenvalue weighted by Gasteiger charge is 2.31. The van der Waals surface area contributed by atoms with Gasteiger partial charge in [0.2, 0.25) is 0 Å². The molecule has 0 aliphatic heterocycles. The van der Waals surface area contributed by atoms with Crippen LogP contribution in [0.25, 0.3) is 0 Å². The van der Waals surface area contributed by atoms with E-state index in [9.17, 15) is 9.59 Å². The molecule has 1 amide bonds. The smallest absolute Gasteiger partial charge is 0.306 e. The van der Waals surface area contributed by atoms with E-state index in [0.717, 1.165) is 0 Å². The predicted molar refractivity (Wildman–Crippen MR) is 78.4 cm³/mol. The number of aliphatic carboxylic acids is 1. The van der Waals surface area contributed by atoms with Crippen molar-refractivity contribution in [2.24, 2.45) is 5.92 Å². The number of ether oxygens (including phenoxy) is 1. The van der Waals surface area contributed by atoms with Crippen LogP contribution in [0.3, 0.4) is 0 Å². The second-order valence-electron chi connectivity index (χ2n) is 5.11. The molecule has 5 heteroatoms. The van der Waals surface area contributed by atoms with E-state index in [4.69, 9.17) is 9.84 Å². The van der Waals surface area contributed by atoms with Crippen LogP contribution in [0.5, 0.6) is 5.75 Å². The monoisotopic (exact) mass is 289 g/mol. The molecule has 5 nitrogen and oxygen atoms in total. The van der Waals surface area contributed by atoms with Gasteiger partial charge in [-0.15, -0.1) is 0 Å². The molecule has 1 aliphatic carbocycles. The third kappa shape index (κ3) is 3.84. The van der Waals surface area contributed by atoms with E-state index in [0.29, 0.717) is 37.2 Å². The Bertz CT molecular complexity index is 541. The van der Waals surface area contributed by atoms with Gasteiger partial charge in [-0.2, -0.15) is 0 Å². The van der Waals surface area contributed by atoms with Gasteiger partial charge in [0.15, 0.2) is 0 Å². The van der Waals surface area contributed by atoms with Gasteiger partial charge in [-0.05, 0) is 31.4 Å². The summed E-state index contributed by atoms with van der Waals surface area (Å²) in [6.45, 7) is 3.91. The van der Waals surface area contributed by atoms with E-state index >= 15 is 0 Å². The molecule has 2 rings (SSSR count). The Kier molecular flexibility index (Phi) is 4.98. The van der Waals surface area contributed by atoms with Gasteiger partial charge in [0, 0.05) is 6.04 Å². The molecule has 0 saturated heterocycles. The van der Waals surface area contributed by atoms with Crippen molar-refractivity contribution in [3.63, 3.8) is 0 Å². The first-order chi connectivity index (χ1) is 10.1. The van der Waals surface area contributed by atoms with Gasteiger partial charge in [-0.3, -0.25) is 9.59 Å². The summed E-state index contributed by atoms with van der Waals surface area (Å²) < 4.78 is 5.46. The van der Waals surface area contributed by atoms with Gasteiger partial charge in [0.25, 0.3) is 5.91 Å². The molecule has 0 unspecified atom stereocenters. The normalized spacial score (nSPS) is 20.8. The number of benzene rings is 1. The summed E-state index contributed by atoms with van der Waals surface area (Å²) in [6.07, 6.45) is 3.40. The molecule has 1 aromatic rings. The quantitative estimate of drug-likeness (QED) is 0.787. The van der Waals surface area contributed by atoms with Crippen LogP contribution >= 0.6 is 0 Å². The first-order valence-electron chi connectivity index (χ1n) is 6.98. The summed E-state index contributed by atoms with van der Waals surface area (Å²) in [5.74, 6) is -0.877. The Morgan fingerprint density at radius 1 is 1.38 bits per heavy atom. The average Bonchev–Trinajstić information content (AvgIpc) is 2.94. The van der Waals surface area contributed by atoms with Crippen molar-refractivity contribution in [3.05, 3.63) is 42.5 Å². The summed E-state index contributed by atoms with van der Waals surface area (Å²) >= 11 is 0. The van der Waals surface area contributed by atoms with Crippen molar-refractivity contribution in [1.29, 1.82) is 0 Å². The maximum absolute atomic E-state index is 12.3. The number of hydrogen-bond acceptors (Lipinski definition) is 3. The first-order valence-corrected chi connectivity index (χ1v) is 6.98. The van der Waals surface area contributed by atoms with Gasteiger partial charge in [-0.25, -0.2) is 0 Å². The molecule has 1 saturated carbocycles. The minimum atomic E-state index is -0.790. The predicted octanol–water partition coefficient (Wildman–Crippen LogP) is 2.23. The van der Waals surface area contributed by atoms with Crippen molar-refractivity contribution in [2.75, 3.05) is 6.61 Å². The van der Waals surface area contributed by atoms with E-state index in [1.54, 1.807) is 30.3 Å². The number of carbonyl (C=O) groups excluding carboxylic acids is 1. The van der Waals surface area contributed by atoms with Crippen molar-refractivity contribution >= 4 is 11.9 Å². The maximum Gasteiger partial charge on any atom is 0.306 e. The van der Waals surface area contributed by atoms with Crippen LogP contribution < -0.4 is 10.1 Å². The van der Waals surface area contributed by atoms with Crippen molar-refractivity contribution < 1.29 is 19.4 Å². The number of hydrogen-bond donors (Lipinski definition) is 2. The molecule has 0 heterocycles. The molecule has 1 aliphatic rings. The van der Waals surface area contributed by atoms with Crippen molar-refractivity contribution in [3.8, 4) is 5.75 Å². The SMILES string of the molecule is C=CCOc1ccccc1C(=O)N[C@@H]1CC[C@H](C(=O)O)C1. The number of para-hydroxylation sites is 1. The molecular weight excluding hydrogens is 270 g/mol. The van der Waals surface area contributed by atoms with E-state index in [-0.39, 0.29) is 17.9 Å². The molecule has 0 aromatic heterocycles. The molecular formula is C16H19NO4. The lowest BCUT2D eigenvalue weighted by atomic mass is 10.1. The zero-order valence-corrected chi connectivity index (χ0v) is 11.7. The third-order valence-electron chi connectivity index (χ3n) is 3.61. The lowest BCUT2D eigenvalue weighted by molar-refractivity contribution is -0.141. The minimum Gasteiger partial charge on any atom is -0.489 e. The lowest BCUT2D eigenvalue weighted by Gasteiger charge is -2.14. The Labute approximate surface area is 123 Å². The van der Waals surface area contributed by atoms with Gasteiger partial charge in [0.05, 0.1) is 11.5 Å². The molecule has 21 heavy (non-hydrogen) atoms. The fraction of sp³-hybridized carbons (Fsp3) is 0.375. The molecule has 2 N–H and O–H groups in total. The number of carboxylic acid groups (broad SMARTS) is 1. The fourth-order valence-electron chi connectivity index (χ4n) is 2.53. The topological polar surface area (TPSA) is 75.6 Å². The number of rotatable bonds is 6. The molecule has 112 valence electrons. The highest BCUT2D eigenvalue weighted by atomic mass is 16.5. The summed E-state index contributed by atoms with van der Waals surface area (Å²) in [5.41, 5.74) is 0.457. The second-order valence-corrected chi connectivity index (χ2v) is 5.11. The van der Waals surface area contributed by atoms with Crippen LogP contribution in [0, 0.1) is 5.92 Å². The van der Waals surface area contributed by atoms with Crippen LogP contribution in [0.2, 0.25) is 0 Å².